The lowest BCUT2D eigenvalue weighted by molar-refractivity contribution is -0.123. The fourth-order valence-corrected chi connectivity index (χ4v) is 2.90. The van der Waals surface area contributed by atoms with Crippen molar-refractivity contribution >= 4 is 11.6 Å². The number of nitrogens with zero attached hydrogens (tertiary/aromatic N) is 1. The maximum atomic E-state index is 12.2. The molecule has 0 saturated carbocycles. The first kappa shape index (κ1) is 8.96. The number of benzene rings is 1. The van der Waals surface area contributed by atoms with Gasteiger partial charge in [0.2, 0.25) is 5.91 Å². The first-order chi connectivity index (χ1) is 7.09. The summed E-state index contributed by atoms with van der Waals surface area (Å²) in [5.41, 5.74) is 2.29. The summed E-state index contributed by atoms with van der Waals surface area (Å²) in [6.07, 6.45) is 2.02. The summed E-state index contributed by atoms with van der Waals surface area (Å²) in [4.78, 5) is 14.2. The van der Waals surface area contributed by atoms with Gasteiger partial charge in [-0.05, 0) is 24.5 Å². The molecule has 3 rings (SSSR count). The molecule has 2 heterocycles. The van der Waals surface area contributed by atoms with Crippen molar-refractivity contribution < 1.29 is 4.79 Å². The average molecular weight is 201 g/mol. The van der Waals surface area contributed by atoms with Crippen molar-refractivity contribution in [2.75, 3.05) is 4.90 Å². The Morgan fingerprint density at radius 3 is 2.87 bits per heavy atom. The number of carbonyl (C=O) groups excluding carboxylic acids is 1. The van der Waals surface area contributed by atoms with Crippen LogP contribution in [0.5, 0.6) is 0 Å². The number of amides is 1. The van der Waals surface area contributed by atoms with Crippen molar-refractivity contribution in [1.29, 1.82) is 0 Å². The molecule has 1 saturated heterocycles. The number of para-hydroxylation sites is 1. The van der Waals surface area contributed by atoms with Crippen LogP contribution < -0.4 is 4.90 Å². The molecule has 0 bridgehead atoms. The molecule has 0 spiro atoms. The van der Waals surface area contributed by atoms with Crippen molar-refractivity contribution in [3.05, 3.63) is 29.8 Å². The summed E-state index contributed by atoms with van der Waals surface area (Å²) in [5.74, 6) is 0.289. The normalized spacial score (nSPS) is 26.7. The van der Waals surface area contributed by atoms with Crippen LogP contribution in [-0.4, -0.2) is 11.9 Å². The molecule has 2 aliphatic rings. The maximum absolute atomic E-state index is 12.2. The zero-order valence-corrected chi connectivity index (χ0v) is 9.16. The van der Waals surface area contributed by atoms with Gasteiger partial charge in [0.1, 0.15) is 0 Å². The first-order valence-corrected chi connectivity index (χ1v) is 5.51. The second-order valence-corrected chi connectivity index (χ2v) is 5.25. The van der Waals surface area contributed by atoms with E-state index in [1.807, 2.05) is 11.0 Å². The number of hydrogen-bond acceptors (Lipinski definition) is 1. The van der Waals surface area contributed by atoms with Crippen molar-refractivity contribution in [2.45, 2.75) is 32.7 Å². The van der Waals surface area contributed by atoms with Crippen LogP contribution in [0.25, 0.3) is 0 Å². The number of anilines is 1. The lowest BCUT2D eigenvalue weighted by Gasteiger charge is -2.19. The summed E-state index contributed by atoms with van der Waals surface area (Å²) >= 11 is 0. The van der Waals surface area contributed by atoms with E-state index in [-0.39, 0.29) is 11.3 Å². The van der Waals surface area contributed by atoms with Crippen LogP contribution in [-0.2, 0) is 11.2 Å². The standard InChI is InChI=1S/C13H15NO/c1-13(2)8-10-7-9-5-3-4-6-11(9)14(10)12(13)15/h3-6,10H,7-8H2,1-2H3/t10-/m0/s1. The highest BCUT2D eigenvalue weighted by atomic mass is 16.2. The van der Waals surface area contributed by atoms with E-state index in [1.165, 1.54) is 5.56 Å². The Bertz CT molecular complexity index is 436. The van der Waals surface area contributed by atoms with Gasteiger partial charge in [-0.15, -0.1) is 0 Å². The predicted octanol–water partition coefficient (Wildman–Crippen LogP) is 2.37. The highest BCUT2D eigenvalue weighted by Crippen LogP contribution is 2.45. The van der Waals surface area contributed by atoms with Gasteiger partial charge in [-0.25, -0.2) is 0 Å². The molecule has 2 aliphatic heterocycles. The largest absolute Gasteiger partial charge is 0.308 e. The van der Waals surface area contributed by atoms with Gasteiger partial charge in [-0.3, -0.25) is 4.79 Å². The molecule has 15 heavy (non-hydrogen) atoms. The monoisotopic (exact) mass is 201 g/mol. The molecule has 1 aromatic carbocycles. The SMILES string of the molecule is CC1(C)C[C@@H]2Cc3ccccc3N2C1=O. The van der Waals surface area contributed by atoms with Crippen molar-refractivity contribution in [3.63, 3.8) is 0 Å². The van der Waals surface area contributed by atoms with E-state index in [0.717, 1.165) is 18.5 Å². The van der Waals surface area contributed by atoms with E-state index < -0.39 is 0 Å². The molecular formula is C13H15NO. The number of carbonyl (C=O) groups is 1. The summed E-state index contributed by atoms with van der Waals surface area (Å²) in [7, 11) is 0. The van der Waals surface area contributed by atoms with E-state index in [2.05, 4.69) is 32.0 Å². The van der Waals surface area contributed by atoms with Crippen LogP contribution in [0.15, 0.2) is 24.3 Å². The minimum Gasteiger partial charge on any atom is -0.308 e. The summed E-state index contributed by atoms with van der Waals surface area (Å²) in [5, 5.41) is 0. The van der Waals surface area contributed by atoms with Gasteiger partial charge in [0, 0.05) is 17.1 Å². The van der Waals surface area contributed by atoms with Gasteiger partial charge in [0.15, 0.2) is 0 Å². The third kappa shape index (κ3) is 1.08. The molecule has 0 N–H and O–H groups in total. The highest BCUT2D eigenvalue weighted by molar-refractivity contribution is 6.02. The van der Waals surface area contributed by atoms with Crippen molar-refractivity contribution in [3.8, 4) is 0 Å². The smallest absolute Gasteiger partial charge is 0.232 e. The number of hydrogen-bond donors (Lipinski definition) is 0. The fraction of sp³-hybridized carbons (Fsp3) is 0.462. The zero-order valence-electron chi connectivity index (χ0n) is 9.16. The fourth-order valence-electron chi connectivity index (χ4n) is 2.90. The first-order valence-electron chi connectivity index (χ1n) is 5.51. The van der Waals surface area contributed by atoms with Crippen molar-refractivity contribution in [2.24, 2.45) is 5.41 Å². The second-order valence-electron chi connectivity index (χ2n) is 5.25. The van der Waals surface area contributed by atoms with Crippen LogP contribution in [0.3, 0.4) is 0 Å². The molecular weight excluding hydrogens is 186 g/mol. The Hall–Kier alpha value is -1.31. The van der Waals surface area contributed by atoms with Crippen LogP contribution in [0, 0.1) is 5.41 Å². The minimum absolute atomic E-state index is 0.168. The van der Waals surface area contributed by atoms with Gasteiger partial charge in [-0.1, -0.05) is 32.0 Å². The Labute approximate surface area is 89.9 Å². The lowest BCUT2D eigenvalue weighted by Crippen LogP contribution is -2.32. The molecule has 0 unspecified atom stereocenters. The molecule has 2 heteroatoms. The van der Waals surface area contributed by atoms with E-state index in [0.29, 0.717) is 6.04 Å². The van der Waals surface area contributed by atoms with Crippen LogP contribution >= 0.6 is 0 Å². The molecule has 0 aromatic heterocycles. The Morgan fingerprint density at radius 1 is 1.33 bits per heavy atom. The number of rotatable bonds is 0. The molecule has 2 nitrogen and oxygen atoms in total. The summed E-state index contributed by atoms with van der Waals surface area (Å²) in [6.45, 7) is 4.10. The van der Waals surface area contributed by atoms with Crippen LogP contribution in [0.1, 0.15) is 25.8 Å². The number of fused-ring (bicyclic) bond motifs is 3. The molecule has 1 fully saturated rings. The molecule has 0 aliphatic carbocycles. The van der Waals surface area contributed by atoms with Gasteiger partial charge in [0.25, 0.3) is 0 Å². The summed E-state index contributed by atoms with van der Waals surface area (Å²) < 4.78 is 0. The third-order valence-corrected chi connectivity index (χ3v) is 3.62. The minimum atomic E-state index is -0.168. The van der Waals surface area contributed by atoms with Crippen LogP contribution in [0.2, 0.25) is 0 Å². The summed E-state index contributed by atoms with van der Waals surface area (Å²) in [6, 6.07) is 8.67. The van der Waals surface area contributed by atoms with Gasteiger partial charge < -0.3 is 4.90 Å². The molecule has 1 atom stereocenters. The van der Waals surface area contributed by atoms with E-state index in [4.69, 9.17) is 0 Å². The Morgan fingerprint density at radius 2 is 2.07 bits per heavy atom. The molecule has 0 radical (unpaired) electrons. The average Bonchev–Trinajstić information content (AvgIpc) is 2.62. The van der Waals surface area contributed by atoms with Crippen LogP contribution in [0.4, 0.5) is 5.69 Å². The van der Waals surface area contributed by atoms with Crippen molar-refractivity contribution in [1.82, 2.24) is 0 Å². The topological polar surface area (TPSA) is 20.3 Å². The third-order valence-electron chi connectivity index (χ3n) is 3.62. The molecule has 1 amide bonds. The van der Waals surface area contributed by atoms with Gasteiger partial charge in [-0.2, -0.15) is 0 Å². The van der Waals surface area contributed by atoms with E-state index >= 15 is 0 Å². The quantitative estimate of drug-likeness (QED) is 0.631. The van der Waals surface area contributed by atoms with Gasteiger partial charge in [0.05, 0.1) is 0 Å². The highest BCUT2D eigenvalue weighted by Gasteiger charge is 2.49. The predicted molar refractivity (Wildman–Crippen MR) is 59.8 cm³/mol. The molecule has 78 valence electrons. The van der Waals surface area contributed by atoms with E-state index in [9.17, 15) is 4.79 Å². The Kier molecular flexibility index (Phi) is 1.57. The van der Waals surface area contributed by atoms with E-state index in [1.54, 1.807) is 0 Å². The second kappa shape index (κ2) is 2.63. The zero-order chi connectivity index (χ0) is 10.6. The van der Waals surface area contributed by atoms with Gasteiger partial charge >= 0.3 is 0 Å². The lowest BCUT2D eigenvalue weighted by atomic mass is 9.88. The molecule has 1 aromatic rings. The maximum Gasteiger partial charge on any atom is 0.232 e. The Balaban J connectivity index is 2.09.